The molecule has 0 aliphatic rings. The minimum absolute atomic E-state index is 0.306. The molecule has 92 valence electrons. The molecule has 1 aromatic carbocycles. The van der Waals surface area contributed by atoms with Gasteiger partial charge in [-0.15, -0.1) is 0 Å². The molecule has 1 rings (SSSR count). The maximum atomic E-state index is 8.72. The summed E-state index contributed by atoms with van der Waals surface area (Å²) in [5, 5.41) is 12.2. The SMILES string of the molecule is CCC(CC#N)NCc1c(C)cc(C)cc1C. The maximum Gasteiger partial charge on any atom is 0.0638 e. The highest BCUT2D eigenvalue weighted by Crippen LogP contribution is 2.16. The summed E-state index contributed by atoms with van der Waals surface area (Å²) in [6.45, 7) is 9.41. The van der Waals surface area contributed by atoms with E-state index in [-0.39, 0.29) is 0 Å². The van der Waals surface area contributed by atoms with E-state index in [1.165, 1.54) is 22.3 Å². The van der Waals surface area contributed by atoms with E-state index < -0.39 is 0 Å². The monoisotopic (exact) mass is 230 g/mol. The number of nitriles is 1. The molecule has 0 bridgehead atoms. The minimum atomic E-state index is 0.306. The Balaban J connectivity index is 2.72. The molecule has 0 heterocycles. The van der Waals surface area contributed by atoms with E-state index in [0.717, 1.165) is 13.0 Å². The molecule has 1 atom stereocenters. The van der Waals surface area contributed by atoms with Crippen molar-refractivity contribution in [3.05, 3.63) is 34.4 Å². The normalized spacial score (nSPS) is 12.2. The van der Waals surface area contributed by atoms with Crippen LogP contribution in [0.3, 0.4) is 0 Å². The topological polar surface area (TPSA) is 35.8 Å². The van der Waals surface area contributed by atoms with Crippen LogP contribution in [0.5, 0.6) is 0 Å². The third-order valence-electron chi connectivity index (χ3n) is 3.24. The first-order chi connectivity index (χ1) is 8.08. The molecule has 0 spiro atoms. The van der Waals surface area contributed by atoms with Crippen LogP contribution in [0.4, 0.5) is 0 Å². The molecule has 0 aromatic heterocycles. The van der Waals surface area contributed by atoms with E-state index >= 15 is 0 Å². The molecule has 0 saturated carbocycles. The predicted octanol–water partition coefficient (Wildman–Crippen LogP) is 3.39. The van der Waals surface area contributed by atoms with Gasteiger partial charge in [0.1, 0.15) is 0 Å². The van der Waals surface area contributed by atoms with Gasteiger partial charge in [-0.1, -0.05) is 24.6 Å². The number of nitrogens with zero attached hydrogens (tertiary/aromatic N) is 1. The first-order valence-corrected chi connectivity index (χ1v) is 6.25. The lowest BCUT2D eigenvalue weighted by Crippen LogP contribution is -2.28. The van der Waals surface area contributed by atoms with Crippen LogP contribution in [0.25, 0.3) is 0 Å². The molecule has 1 N–H and O–H groups in total. The van der Waals surface area contributed by atoms with Crippen LogP contribution in [0.1, 0.15) is 42.0 Å². The second-order valence-electron chi connectivity index (χ2n) is 4.73. The lowest BCUT2D eigenvalue weighted by atomic mass is 9.99. The van der Waals surface area contributed by atoms with Crippen LogP contribution in [-0.4, -0.2) is 6.04 Å². The Hall–Kier alpha value is -1.33. The van der Waals surface area contributed by atoms with Gasteiger partial charge in [0.15, 0.2) is 0 Å². The van der Waals surface area contributed by atoms with Gasteiger partial charge >= 0.3 is 0 Å². The van der Waals surface area contributed by atoms with Crippen molar-refractivity contribution in [2.45, 2.75) is 53.1 Å². The summed E-state index contributed by atoms with van der Waals surface area (Å²) >= 11 is 0. The first-order valence-electron chi connectivity index (χ1n) is 6.25. The van der Waals surface area contributed by atoms with Crippen molar-refractivity contribution in [1.82, 2.24) is 5.32 Å². The van der Waals surface area contributed by atoms with Gasteiger partial charge in [-0.25, -0.2) is 0 Å². The molecular formula is C15H22N2. The summed E-state index contributed by atoms with van der Waals surface area (Å²) in [5.41, 5.74) is 5.35. The number of aryl methyl sites for hydroxylation is 3. The van der Waals surface area contributed by atoms with Gasteiger partial charge in [0.2, 0.25) is 0 Å². The number of benzene rings is 1. The van der Waals surface area contributed by atoms with E-state index in [2.05, 4.69) is 51.2 Å². The summed E-state index contributed by atoms with van der Waals surface area (Å²) in [6, 6.07) is 6.97. The zero-order valence-electron chi connectivity index (χ0n) is 11.3. The molecule has 1 unspecified atom stereocenters. The Labute approximate surface area is 105 Å². The Morgan fingerprint density at radius 2 is 1.82 bits per heavy atom. The van der Waals surface area contributed by atoms with Crippen molar-refractivity contribution in [3.8, 4) is 6.07 Å². The van der Waals surface area contributed by atoms with Crippen LogP contribution in [0, 0.1) is 32.1 Å². The fourth-order valence-corrected chi connectivity index (χ4v) is 2.21. The Morgan fingerprint density at radius 1 is 1.24 bits per heavy atom. The summed E-state index contributed by atoms with van der Waals surface area (Å²) in [4.78, 5) is 0. The lowest BCUT2D eigenvalue weighted by Gasteiger charge is -2.17. The van der Waals surface area contributed by atoms with Crippen LogP contribution >= 0.6 is 0 Å². The maximum absolute atomic E-state index is 8.72. The number of rotatable bonds is 5. The fraction of sp³-hybridized carbons (Fsp3) is 0.533. The second-order valence-corrected chi connectivity index (χ2v) is 4.73. The van der Waals surface area contributed by atoms with Crippen molar-refractivity contribution < 1.29 is 0 Å². The van der Waals surface area contributed by atoms with Gasteiger partial charge in [-0.2, -0.15) is 5.26 Å². The number of nitrogens with one attached hydrogen (secondary N) is 1. The Bertz CT molecular complexity index is 392. The highest BCUT2D eigenvalue weighted by Gasteiger charge is 2.08. The van der Waals surface area contributed by atoms with E-state index in [1.807, 2.05) is 0 Å². The van der Waals surface area contributed by atoms with Gasteiger partial charge < -0.3 is 5.32 Å². The van der Waals surface area contributed by atoms with Gasteiger partial charge in [-0.3, -0.25) is 0 Å². The average Bonchev–Trinajstić information content (AvgIpc) is 2.26. The van der Waals surface area contributed by atoms with Crippen molar-refractivity contribution in [1.29, 1.82) is 5.26 Å². The molecular weight excluding hydrogens is 208 g/mol. The third-order valence-corrected chi connectivity index (χ3v) is 3.24. The molecule has 0 aliphatic carbocycles. The van der Waals surface area contributed by atoms with Crippen molar-refractivity contribution in [2.75, 3.05) is 0 Å². The molecule has 1 aromatic rings. The van der Waals surface area contributed by atoms with Crippen molar-refractivity contribution in [3.63, 3.8) is 0 Å². The molecule has 0 fully saturated rings. The van der Waals surface area contributed by atoms with Crippen molar-refractivity contribution >= 4 is 0 Å². The van der Waals surface area contributed by atoms with Crippen LogP contribution in [0.15, 0.2) is 12.1 Å². The van der Waals surface area contributed by atoms with E-state index in [0.29, 0.717) is 12.5 Å². The van der Waals surface area contributed by atoms with Crippen LogP contribution in [0.2, 0.25) is 0 Å². The summed E-state index contributed by atoms with van der Waals surface area (Å²) in [6.07, 6.45) is 1.58. The number of hydrogen-bond donors (Lipinski definition) is 1. The molecule has 0 saturated heterocycles. The number of hydrogen-bond acceptors (Lipinski definition) is 2. The van der Waals surface area contributed by atoms with Crippen LogP contribution < -0.4 is 5.32 Å². The molecule has 0 aliphatic heterocycles. The standard InChI is InChI=1S/C15H22N2/c1-5-14(6-7-16)17-10-15-12(3)8-11(2)9-13(15)4/h8-9,14,17H,5-6,10H2,1-4H3. The summed E-state index contributed by atoms with van der Waals surface area (Å²) < 4.78 is 0. The molecule has 2 nitrogen and oxygen atoms in total. The Morgan fingerprint density at radius 3 is 2.29 bits per heavy atom. The van der Waals surface area contributed by atoms with Crippen molar-refractivity contribution in [2.24, 2.45) is 0 Å². The Kier molecular flexibility index (Phi) is 5.18. The molecule has 17 heavy (non-hydrogen) atoms. The molecule has 0 amide bonds. The van der Waals surface area contributed by atoms with E-state index in [9.17, 15) is 0 Å². The van der Waals surface area contributed by atoms with Gasteiger partial charge in [-0.05, 0) is 43.9 Å². The fourth-order valence-electron chi connectivity index (χ4n) is 2.21. The summed E-state index contributed by atoms with van der Waals surface area (Å²) in [5.74, 6) is 0. The lowest BCUT2D eigenvalue weighted by molar-refractivity contribution is 0.503. The third kappa shape index (κ3) is 3.87. The average molecular weight is 230 g/mol. The quantitative estimate of drug-likeness (QED) is 0.841. The van der Waals surface area contributed by atoms with Gasteiger partial charge in [0, 0.05) is 12.6 Å². The molecule has 0 radical (unpaired) electrons. The zero-order valence-corrected chi connectivity index (χ0v) is 11.3. The van der Waals surface area contributed by atoms with E-state index in [4.69, 9.17) is 5.26 Å². The highest BCUT2D eigenvalue weighted by molar-refractivity contribution is 5.37. The zero-order chi connectivity index (χ0) is 12.8. The van der Waals surface area contributed by atoms with Crippen LogP contribution in [-0.2, 0) is 6.54 Å². The van der Waals surface area contributed by atoms with Gasteiger partial charge in [0.25, 0.3) is 0 Å². The first kappa shape index (κ1) is 13.7. The largest absolute Gasteiger partial charge is 0.309 e. The summed E-state index contributed by atoms with van der Waals surface area (Å²) in [7, 11) is 0. The highest BCUT2D eigenvalue weighted by atomic mass is 14.9. The van der Waals surface area contributed by atoms with Gasteiger partial charge in [0.05, 0.1) is 12.5 Å². The smallest absolute Gasteiger partial charge is 0.0638 e. The van der Waals surface area contributed by atoms with E-state index in [1.54, 1.807) is 0 Å². The second kappa shape index (κ2) is 6.42. The minimum Gasteiger partial charge on any atom is -0.309 e. The molecule has 2 heteroatoms. The predicted molar refractivity (Wildman–Crippen MR) is 71.8 cm³/mol.